The summed E-state index contributed by atoms with van der Waals surface area (Å²) in [5.41, 5.74) is 0.853. The fourth-order valence-corrected chi connectivity index (χ4v) is 3.11. The van der Waals surface area contributed by atoms with E-state index < -0.39 is 10.8 Å². The van der Waals surface area contributed by atoms with E-state index in [2.05, 4.69) is 10.3 Å². The molecule has 16 heavy (non-hydrogen) atoms. The number of hydrogen-bond donors (Lipinski definition) is 1. The number of rotatable bonds is 3. The molecule has 0 aliphatic carbocycles. The molecule has 1 aromatic heterocycles. The molecule has 0 saturated carbocycles. The van der Waals surface area contributed by atoms with E-state index in [1.54, 1.807) is 6.20 Å². The van der Waals surface area contributed by atoms with Gasteiger partial charge in [0.15, 0.2) is 0 Å². The second-order valence-corrected chi connectivity index (χ2v) is 5.71. The van der Waals surface area contributed by atoms with Crippen molar-refractivity contribution in [1.29, 1.82) is 0 Å². The van der Waals surface area contributed by atoms with E-state index in [-0.39, 0.29) is 5.82 Å². The van der Waals surface area contributed by atoms with Crippen molar-refractivity contribution in [2.45, 2.75) is 25.4 Å². The summed E-state index contributed by atoms with van der Waals surface area (Å²) in [6, 6.07) is 1.89. The summed E-state index contributed by atoms with van der Waals surface area (Å²) in [5, 5.41) is 3.34. The highest BCUT2D eigenvalue weighted by Crippen LogP contribution is 2.10. The van der Waals surface area contributed by atoms with E-state index in [0.717, 1.165) is 29.9 Å². The van der Waals surface area contributed by atoms with Crippen molar-refractivity contribution in [1.82, 2.24) is 10.3 Å². The molecule has 0 atom stereocenters. The SMILES string of the molecule is O=S1CCC(NCc2cncc(F)c2)CC1. The third-order valence-corrected chi connectivity index (χ3v) is 4.13. The number of hydrogen-bond acceptors (Lipinski definition) is 3. The van der Waals surface area contributed by atoms with Gasteiger partial charge in [0, 0.05) is 41.1 Å². The van der Waals surface area contributed by atoms with Crippen LogP contribution < -0.4 is 5.32 Å². The van der Waals surface area contributed by atoms with Crippen molar-refractivity contribution in [3.05, 3.63) is 29.8 Å². The lowest BCUT2D eigenvalue weighted by molar-refractivity contribution is 0.474. The Kier molecular flexibility index (Phi) is 4.01. The van der Waals surface area contributed by atoms with Crippen LogP contribution in [-0.4, -0.2) is 26.7 Å². The Morgan fingerprint density at radius 2 is 2.19 bits per heavy atom. The maximum atomic E-state index is 12.9. The lowest BCUT2D eigenvalue weighted by Gasteiger charge is -2.22. The van der Waals surface area contributed by atoms with Crippen LogP contribution in [0.1, 0.15) is 18.4 Å². The molecule has 0 radical (unpaired) electrons. The minimum absolute atomic E-state index is 0.302. The molecule has 5 heteroatoms. The molecule has 1 aromatic rings. The molecule has 3 nitrogen and oxygen atoms in total. The smallest absolute Gasteiger partial charge is 0.141 e. The van der Waals surface area contributed by atoms with E-state index >= 15 is 0 Å². The summed E-state index contributed by atoms with van der Waals surface area (Å²) < 4.78 is 24.0. The average Bonchev–Trinajstić information content (AvgIpc) is 2.28. The third kappa shape index (κ3) is 3.35. The number of nitrogens with one attached hydrogen (secondary N) is 1. The van der Waals surface area contributed by atoms with Crippen LogP contribution in [-0.2, 0) is 17.3 Å². The zero-order valence-electron chi connectivity index (χ0n) is 8.99. The highest BCUT2D eigenvalue weighted by Gasteiger charge is 2.16. The number of nitrogens with zero attached hydrogens (tertiary/aromatic N) is 1. The summed E-state index contributed by atoms with van der Waals surface area (Å²) in [6.45, 7) is 0.627. The number of pyridine rings is 1. The molecule has 1 fully saturated rings. The first-order chi connectivity index (χ1) is 7.74. The number of aromatic nitrogens is 1. The van der Waals surface area contributed by atoms with Gasteiger partial charge in [0.2, 0.25) is 0 Å². The van der Waals surface area contributed by atoms with E-state index in [0.29, 0.717) is 12.6 Å². The average molecular weight is 242 g/mol. The fourth-order valence-electron chi connectivity index (χ4n) is 1.81. The quantitative estimate of drug-likeness (QED) is 0.866. The monoisotopic (exact) mass is 242 g/mol. The molecule has 88 valence electrons. The summed E-state index contributed by atoms with van der Waals surface area (Å²) >= 11 is 0. The highest BCUT2D eigenvalue weighted by molar-refractivity contribution is 7.85. The lowest BCUT2D eigenvalue weighted by atomic mass is 10.1. The zero-order valence-corrected chi connectivity index (χ0v) is 9.80. The van der Waals surface area contributed by atoms with Crippen molar-refractivity contribution in [3.8, 4) is 0 Å². The van der Waals surface area contributed by atoms with Crippen LogP contribution in [0.4, 0.5) is 4.39 Å². The Balaban J connectivity index is 1.81. The first kappa shape index (κ1) is 11.7. The summed E-state index contributed by atoms with van der Waals surface area (Å²) in [4.78, 5) is 3.80. The van der Waals surface area contributed by atoms with Crippen molar-refractivity contribution in [2.24, 2.45) is 0 Å². The highest BCUT2D eigenvalue weighted by atomic mass is 32.2. The van der Waals surface area contributed by atoms with Gasteiger partial charge in [0.25, 0.3) is 0 Å². The van der Waals surface area contributed by atoms with Gasteiger partial charge in [-0.25, -0.2) is 4.39 Å². The van der Waals surface area contributed by atoms with Crippen molar-refractivity contribution < 1.29 is 8.60 Å². The molecule has 1 saturated heterocycles. The van der Waals surface area contributed by atoms with Gasteiger partial charge in [-0.3, -0.25) is 9.19 Å². The van der Waals surface area contributed by atoms with Gasteiger partial charge >= 0.3 is 0 Å². The minimum atomic E-state index is -0.625. The zero-order chi connectivity index (χ0) is 11.4. The van der Waals surface area contributed by atoms with Gasteiger partial charge in [-0.2, -0.15) is 0 Å². The Morgan fingerprint density at radius 3 is 2.88 bits per heavy atom. The fraction of sp³-hybridized carbons (Fsp3) is 0.545. The Morgan fingerprint density at radius 1 is 1.44 bits per heavy atom. The van der Waals surface area contributed by atoms with Gasteiger partial charge < -0.3 is 5.32 Å². The molecule has 2 rings (SSSR count). The standard InChI is InChI=1S/C11H15FN2OS/c12-10-5-9(6-13-8-10)7-14-11-1-3-16(15)4-2-11/h5-6,8,11,14H,1-4,7H2. The largest absolute Gasteiger partial charge is 0.310 e. The van der Waals surface area contributed by atoms with Gasteiger partial charge in [-0.05, 0) is 24.5 Å². The molecular weight excluding hydrogens is 227 g/mol. The van der Waals surface area contributed by atoms with Crippen LogP contribution in [0.15, 0.2) is 18.5 Å². The maximum Gasteiger partial charge on any atom is 0.141 e. The second-order valence-electron chi connectivity index (χ2n) is 4.01. The topological polar surface area (TPSA) is 42.0 Å². The Labute approximate surface area is 96.9 Å². The van der Waals surface area contributed by atoms with Gasteiger partial charge in [-0.15, -0.1) is 0 Å². The summed E-state index contributed by atoms with van der Waals surface area (Å²) in [7, 11) is -0.625. The van der Waals surface area contributed by atoms with Crippen LogP contribution in [0, 0.1) is 5.82 Å². The van der Waals surface area contributed by atoms with Crippen molar-refractivity contribution in [3.63, 3.8) is 0 Å². The molecule has 0 bridgehead atoms. The van der Waals surface area contributed by atoms with Gasteiger partial charge in [0.05, 0.1) is 6.20 Å². The lowest BCUT2D eigenvalue weighted by Crippen LogP contribution is -2.35. The predicted octanol–water partition coefficient (Wildman–Crippen LogP) is 1.22. The molecule has 0 amide bonds. The minimum Gasteiger partial charge on any atom is -0.310 e. The van der Waals surface area contributed by atoms with Crippen molar-refractivity contribution >= 4 is 10.8 Å². The molecule has 0 aromatic carbocycles. The molecular formula is C11H15FN2OS. The maximum absolute atomic E-state index is 12.9. The Hall–Kier alpha value is -0.810. The van der Waals surface area contributed by atoms with E-state index in [9.17, 15) is 8.60 Å². The molecule has 0 spiro atoms. The predicted molar refractivity (Wildman–Crippen MR) is 61.9 cm³/mol. The van der Waals surface area contributed by atoms with Gasteiger partial charge in [-0.1, -0.05) is 0 Å². The second kappa shape index (κ2) is 5.50. The first-order valence-electron chi connectivity index (χ1n) is 5.42. The molecule has 1 aliphatic rings. The van der Waals surface area contributed by atoms with E-state index in [1.165, 1.54) is 12.3 Å². The van der Waals surface area contributed by atoms with Crippen molar-refractivity contribution in [2.75, 3.05) is 11.5 Å². The molecule has 2 heterocycles. The molecule has 0 unspecified atom stereocenters. The van der Waals surface area contributed by atoms with E-state index in [1.807, 2.05) is 0 Å². The van der Waals surface area contributed by atoms with Crippen LogP contribution in [0.5, 0.6) is 0 Å². The molecule has 1 N–H and O–H groups in total. The summed E-state index contributed by atoms with van der Waals surface area (Å²) in [5.74, 6) is 1.25. The normalized spacial score (nSPS) is 25.6. The van der Waals surface area contributed by atoms with Crippen LogP contribution in [0.2, 0.25) is 0 Å². The van der Waals surface area contributed by atoms with Gasteiger partial charge in [0.1, 0.15) is 5.82 Å². The van der Waals surface area contributed by atoms with Crippen LogP contribution >= 0.6 is 0 Å². The summed E-state index contributed by atoms with van der Waals surface area (Å²) in [6.07, 6.45) is 4.75. The third-order valence-electron chi connectivity index (χ3n) is 2.74. The van der Waals surface area contributed by atoms with Crippen LogP contribution in [0.3, 0.4) is 0 Å². The molecule has 1 aliphatic heterocycles. The number of halogens is 1. The van der Waals surface area contributed by atoms with E-state index in [4.69, 9.17) is 0 Å². The Bertz CT molecular complexity index is 376. The van der Waals surface area contributed by atoms with Crippen LogP contribution in [0.25, 0.3) is 0 Å². The first-order valence-corrected chi connectivity index (χ1v) is 6.90.